The predicted molar refractivity (Wildman–Crippen MR) is 110 cm³/mol. The molecule has 5 heteroatoms. The zero-order valence-corrected chi connectivity index (χ0v) is 16.6. The third-order valence-corrected chi connectivity index (χ3v) is 6.06. The number of ketones is 1. The lowest BCUT2D eigenvalue weighted by Crippen LogP contribution is -2.15. The third-order valence-electron chi connectivity index (χ3n) is 3.46. The van der Waals surface area contributed by atoms with Crippen molar-refractivity contribution in [2.45, 2.75) is 25.4 Å². The second-order valence-corrected chi connectivity index (χ2v) is 7.72. The number of rotatable bonds is 9. The van der Waals surface area contributed by atoms with Gasteiger partial charge in [0.15, 0.2) is 5.78 Å². The van der Waals surface area contributed by atoms with Crippen molar-refractivity contribution in [3.8, 4) is 0 Å². The first-order valence-corrected chi connectivity index (χ1v) is 10.3. The molecule has 0 spiro atoms. The minimum atomic E-state index is -0.545. The van der Waals surface area contributed by atoms with Crippen LogP contribution in [0, 0.1) is 0 Å². The van der Waals surface area contributed by atoms with Crippen molar-refractivity contribution in [3.63, 3.8) is 0 Å². The van der Waals surface area contributed by atoms with Crippen molar-refractivity contribution in [1.82, 2.24) is 0 Å². The molecule has 0 saturated heterocycles. The molecule has 0 aliphatic rings. The summed E-state index contributed by atoms with van der Waals surface area (Å²) in [6.07, 6.45) is 0. The largest absolute Gasteiger partial charge is 0.462 e. The van der Waals surface area contributed by atoms with Gasteiger partial charge in [-0.05, 0) is 25.0 Å². The lowest BCUT2D eigenvalue weighted by atomic mass is 10.2. The van der Waals surface area contributed by atoms with Crippen molar-refractivity contribution in [2.24, 2.45) is 0 Å². The van der Waals surface area contributed by atoms with Gasteiger partial charge < -0.3 is 4.74 Å². The zero-order valence-electron chi connectivity index (χ0n) is 14.9. The SMILES string of the molecule is CCOC(=O)C(C(C)=O)=C(SCc1ccccc1)SCc1ccccc1. The Kier molecular flexibility index (Phi) is 8.51. The summed E-state index contributed by atoms with van der Waals surface area (Å²) in [5.41, 5.74) is 2.43. The number of ether oxygens (including phenoxy) is 1. The molecule has 2 aromatic rings. The Morgan fingerprint density at radius 3 is 1.69 bits per heavy atom. The summed E-state index contributed by atoms with van der Waals surface area (Å²) in [5.74, 6) is 0.568. The first-order chi connectivity index (χ1) is 12.6. The standard InChI is InChI=1S/C21H22O3S2/c1-3-24-20(23)19(16(2)22)21(25-14-17-10-6-4-7-11-17)26-15-18-12-8-5-9-13-18/h4-13H,3,14-15H2,1-2H3. The van der Waals surface area contributed by atoms with Crippen LogP contribution in [0.3, 0.4) is 0 Å². The van der Waals surface area contributed by atoms with Crippen molar-refractivity contribution in [1.29, 1.82) is 0 Å². The minimum absolute atomic E-state index is 0.147. The van der Waals surface area contributed by atoms with Crippen molar-refractivity contribution >= 4 is 35.3 Å². The summed E-state index contributed by atoms with van der Waals surface area (Å²) in [6, 6.07) is 20.0. The highest BCUT2D eigenvalue weighted by molar-refractivity contribution is 8.21. The molecule has 0 bridgehead atoms. The van der Waals surface area contributed by atoms with Crippen LogP contribution in [0.5, 0.6) is 0 Å². The van der Waals surface area contributed by atoms with Gasteiger partial charge in [0.25, 0.3) is 0 Å². The number of carbonyl (C=O) groups is 2. The molecule has 0 fully saturated rings. The summed E-state index contributed by atoms with van der Waals surface area (Å²) >= 11 is 3.01. The molecule has 0 unspecified atom stereocenters. The molecule has 26 heavy (non-hydrogen) atoms. The molecule has 136 valence electrons. The summed E-state index contributed by atoms with van der Waals surface area (Å²) in [4.78, 5) is 24.5. The van der Waals surface area contributed by atoms with Crippen LogP contribution >= 0.6 is 23.5 Å². The molecule has 0 heterocycles. The van der Waals surface area contributed by atoms with Crippen molar-refractivity contribution in [3.05, 3.63) is 81.6 Å². The maximum atomic E-state index is 12.3. The van der Waals surface area contributed by atoms with Crippen LogP contribution in [0.1, 0.15) is 25.0 Å². The predicted octanol–water partition coefficient (Wildman–Crippen LogP) is 5.22. The van der Waals surface area contributed by atoms with Gasteiger partial charge in [-0.2, -0.15) is 0 Å². The normalized spacial score (nSPS) is 10.2. The van der Waals surface area contributed by atoms with E-state index in [0.29, 0.717) is 15.7 Å². The topological polar surface area (TPSA) is 43.4 Å². The molecule has 2 aromatic carbocycles. The molecule has 0 aliphatic heterocycles. The quantitative estimate of drug-likeness (QED) is 0.256. The highest BCUT2D eigenvalue weighted by Crippen LogP contribution is 2.37. The molecule has 0 saturated carbocycles. The molecule has 0 radical (unpaired) electrons. The van der Waals surface area contributed by atoms with E-state index in [4.69, 9.17) is 4.74 Å². The molecule has 0 amide bonds. The lowest BCUT2D eigenvalue weighted by Gasteiger charge is -2.12. The second kappa shape index (κ2) is 10.9. The fraction of sp³-hybridized carbons (Fsp3) is 0.238. The van der Waals surface area contributed by atoms with Crippen molar-refractivity contribution in [2.75, 3.05) is 6.61 Å². The average Bonchev–Trinajstić information content (AvgIpc) is 2.65. The number of hydrogen-bond donors (Lipinski definition) is 0. The number of thioether (sulfide) groups is 2. The van der Waals surface area contributed by atoms with E-state index in [0.717, 1.165) is 11.1 Å². The van der Waals surface area contributed by atoms with Crippen LogP contribution in [-0.2, 0) is 25.8 Å². The maximum absolute atomic E-state index is 12.3. The summed E-state index contributed by atoms with van der Waals surface area (Å²) < 4.78 is 5.82. The number of esters is 1. The minimum Gasteiger partial charge on any atom is -0.462 e. The van der Waals surface area contributed by atoms with Gasteiger partial charge in [-0.15, -0.1) is 23.5 Å². The van der Waals surface area contributed by atoms with E-state index in [1.54, 1.807) is 6.92 Å². The molecular weight excluding hydrogens is 364 g/mol. The molecule has 3 nitrogen and oxygen atoms in total. The Balaban J connectivity index is 2.24. The molecule has 0 atom stereocenters. The van der Waals surface area contributed by atoms with E-state index in [2.05, 4.69) is 0 Å². The van der Waals surface area contributed by atoms with Gasteiger partial charge in [-0.3, -0.25) is 4.79 Å². The number of hydrogen-bond acceptors (Lipinski definition) is 5. The van der Waals surface area contributed by atoms with Gasteiger partial charge in [0.05, 0.1) is 10.8 Å². The van der Waals surface area contributed by atoms with E-state index in [9.17, 15) is 9.59 Å². The monoisotopic (exact) mass is 386 g/mol. The lowest BCUT2D eigenvalue weighted by molar-refractivity contribution is -0.139. The zero-order chi connectivity index (χ0) is 18.8. The fourth-order valence-electron chi connectivity index (χ4n) is 2.21. The van der Waals surface area contributed by atoms with Crippen LogP contribution in [0.15, 0.2) is 70.5 Å². The van der Waals surface area contributed by atoms with Gasteiger partial charge in [0.1, 0.15) is 5.57 Å². The van der Waals surface area contributed by atoms with Gasteiger partial charge >= 0.3 is 5.97 Å². The van der Waals surface area contributed by atoms with E-state index in [-0.39, 0.29) is 18.0 Å². The Morgan fingerprint density at radius 1 is 0.846 bits per heavy atom. The number of Topliss-reactive ketones (excluding diaryl/α,β-unsaturated/α-hetero) is 1. The third kappa shape index (κ3) is 6.39. The van der Waals surface area contributed by atoms with Crippen LogP contribution in [-0.4, -0.2) is 18.4 Å². The van der Waals surface area contributed by atoms with E-state index >= 15 is 0 Å². The summed E-state index contributed by atoms with van der Waals surface area (Å²) in [5, 5.41) is 0. The summed E-state index contributed by atoms with van der Waals surface area (Å²) in [6.45, 7) is 3.40. The average molecular weight is 387 g/mol. The molecular formula is C21H22O3S2. The van der Waals surface area contributed by atoms with Gasteiger partial charge in [-0.1, -0.05) is 60.7 Å². The fourth-order valence-corrected chi connectivity index (χ4v) is 4.62. The Bertz CT molecular complexity index is 710. The van der Waals surface area contributed by atoms with Crippen LogP contribution in [0.2, 0.25) is 0 Å². The molecule has 0 N–H and O–H groups in total. The molecule has 2 rings (SSSR count). The Labute approximate surface area is 163 Å². The van der Waals surface area contributed by atoms with E-state index in [1.165, 1.54) is 30.4 Å². The molecule has 0 aromatic heterocycles. The Morgan fingerprint density at radius 2 is 1.31 bits per heavy atom. The summed E-state index contributed by atoms with van der Waals surface area (Å²) in [7, 11) is 0. The Hall–Kier alpha value is -1.98. The highest BCUT2D eigenvalue weighted by atomic mass is 32.2. The maximum Gasteiger partial charge on any atom is 0.343 e. The van der Waals surface area contributed by atoms with Crippen LogP contribution < -0.4 is 0 Å². The van der Waals surface area contributed by atoms with Crippen LogP contribution in [0.25, 0.3) is 0 Å². The van der Waals surface area contributed by atoms with E-state index in [1.807, 2.05) is 60.7 Å². The van der Waals surface area contributed by atoms with Crippen molar-refractivity contribution < 1.29 is 14.3 Å². The number of benzene rings is 2. The number of carbonyl (C=O) groups excluding carboxylic acids is 2. The van der Waals surface area contributed by atoms with Gasteiger partial charge in [0, 0.05) is 11.5 Å². The first-order valence-electron chi connectivity index (χ1n) is 8.37. The van der Waals surface area contributed by atoms with Gasteiger partial charge in [0.2, 0.25) is 0 Å². The first kappa shape index (κ1) is 20.3. The smallest absolute Gasteiger partial charge is 0.343 e. The second-order valence-electron chi connectivity index (χ2n) is 5.49. The van der Waals surface area contributed by atoms with Gasteiger partial charge in [-0.25, -0.2) is 4.79 Å². The van der Waals surface area contributed by atoms with Crippen LogP contribution in [0.4, 0.5) is 0 Å². The highest BCUT2D eigenvalue weighted by Gasteiger charge is 2.22. The molecule has 0 aliphatic carbocycles. The van der Waals surface area contributed by atoms with E-state index < -0.39 is 5.97 Å².